The van der Waals surface area contributed by atoms with Crippen LogP contribution < -0.4 is 14.4 Å². The number of oxazole rings is 1. The van der Waals surface area contributed by atoms with Gasteiger partial charge in [-0.3, -0.25) is 4.79 Å². The SMILES string of the molecule is COc1ccc(C(=O)N2CCN(c3nc4ncccc4o3)CC2)c(OC)n1. The van der Waals surface area contributed by atoms with E-state index in [0.29, 0.717) is 54.9 Å². The number of hydrogen-bond acceptors (Lipinski definition) is 8. The molecule has 1 saturated heterocycles. The second-order valence-corrected chi connectivity index (χ2v) is 6.01. The molecule has 0 saturated carbocycles. The number of anilines is 1. The molecule has 4 rings (SSSR count). The highest BCUT2D eigenvalue weighted by Gasteiger charge is 2.27. The van der Waals surface area contributed by atoms with Crippen molar-refractivity contribution in [3.8, 4) is 11.8 Å². The van der Waals surface area contributed by atoms with Crippen LogP contribution >= 0.6 is 0 Å². The Bertz CT molecular complexity index is 932. The molecule has 0 aliphatic carbocycles. The van der Waals surface area contributed by atoms with Gasteiger partial charge in [-0.25, -0.2) is 4.98 Å². The third-order valence-corrected chi connectivity index (χ3v) is 4.46. The average Bonchev–Trinajstić information content (AvgIpc) is 3.17. The number of rotatable bonds is 4. The molecule has 0 radical (unpaired) electrons. The fourth-order valence-electron chi connectivity index (χ4n) is 3.02. The molecular formula is C18H19N5O4. The van der Waals surface area contributed by atoms with Crippen molar-refractivity contribution in [3.63, 3.8) is 0 Å². The quantitative estimate of drug-likeness (QED) is 0.684. The number of aromatic nitrogens is 3. The molecule has 0 bridgehead atoms. The van der Waals surface area contributed by atoms with Gasteiger partial charge in [0.2, 0.25) is 17.4 Å². The lowest BCUT2D eigenvalue weighted by Crippen LogP contribution is -2.49. The Morgan fingerprint density at radius 1 is 1.07 bits per heavy atom. The standard InChI is InChI=1S/C18H19N5O4/c1-25-14-6-5-12(16(20-14)26-2)17(24)22-8-10-23(11-9-22)18-21-15-13(27-18)4-3-7-19-15/h3-7H,8-11H2,1-2H3. The predicted octanol–water partition coefficient (Wildman–Crippen LogP) is 1.60. The molecular weight excluding hydrogens is 350 g/mol. The molecule has 3 aromatic heterocycles. The van der Waals surface area contributed by atoms with Gasteiger partial charge in [0.1, 0.15) is 5.56 Å². The van der Waals surface area contributed by atoms with Crippen molar-refractivity contribution in [2.75, 3.05) is 45.3 Å². The number of hydrogen-bond donors (Lipinski definition) is 0. The number of carbonyl (C=O) groups is 1. The highest BCUT2D eigenvalue weighted by Crippen LogP contribution is 2.24. The molecule has 9 nitrogen and oxygen atoms in total. The molecule has 0 atom stereocenters. The number of carbonyl (C=O) groups excluding carboxylic acids is 1. The van der Waals surface area contributed by atoms with E-state index in [9.17, 15) is 4.79 Å². The van der Waals surface area contributed by atoms with Gasteiger partial charge < -0.3 is 23.7 Å². The van der Waals surface area contributed by atoms with Crippen LogP contribution in [0.3, 0.4) is 0 Å². The van der Waals surface area contributed by atoms with E-state index in [4.69, 9.17) is 13.9 Å². The van der Waals surface area contributed by atoms with Crippen molar-refractivity contribution in [2.24, 2.45) is 0 Å². The van der Waals surface area contributed by atoms with Crippen molar-refractivity contribution >= 4 is 23.2 Å². The van der Waals surface area contributed by atoms with Gasteiger partial charge in [0.25, 0.3) is 11.9 Å². The largest absolute Gasteiger partial charge is 0.481 e. The summed E-state index contributed by atoms with van der Waals surface area (Å²) in [7, 11) is 3.00. The molecule has 1 aliphatic heterocycles. The van der Waals surface area contributed by atoms with Crippen LogP contribution in [-0.2, 0) is 0 Å². The summed E-state index contributed by atoms with van der Waals surface area (Å²) in [6, 6.07) is 7.49. The molecule has 1 fully saturated rings. The maximum absolute atomic E-state index is 12.9. The van der Waals surface area contributed by atoms with Crippen LogP contribution in [0.2, 0.25) is 0 Å². The summed E-state index contributed by atoms with van der Waals surface area (Å²) >= 11 is 0. The first-order valence-electron chi connectivity index (χ1n) is 8.54. The highest BCUT2D eigenvalue weighted by atomic mass is 16.5. The minimum Gasteiger partial charge on any atom is -0.481 e. The second-order valence-electron chi connectivity index (χ2n) is 6.01. The van der Waals surface area contributed by atoms with Crippen molar-refractivity contribution < 1.29 is 18.7 Å². The van der Waals surface area contributed by atoms with Gasteiger partial charge in [-0.2, -0.15) is 9.97 Å². The van der Waals surface area contributed by atoms with E-state index >= 15 is 0 Å². The van der Waals surface area contributed by atoms with Crippen LogP contribution in [0.5, 0.6) is 11.8 Å². The van der Waals surface area contributed by atoms with Crippen LogP contribution in [-0.4, -0.2) is 66.2 Å². The summed E-state index contributed by atoms with van der Waals surface area (Å²) in [5.41, 5.74) is 1.65. The summed E-state index contributed by atoms with van der Waals surface area (Å²) in [4.78, 5) is 29.4. The Labute approximate surface area is 155 Å². The fraction of sp³-hybridized carbons (Fsp3) is 0.333. The Kier molecular flexibility index (Phi) is 4.49. The first-order chi connectivity index (χ1) is 13.2. The summed E-state index contributed by atoms with van der Waals surface area (Å²) in [6.45, 7) is 2.31. The monoisotopic (exact) mass is 369 g/mol. The number of pyridine rings is 2. The highest BCUT2D eigenvalue weighted by molar-refractivity contribution is 5.96. The van der Waals surface area contributed by atoms with E-state index in [2.05, 4.69) is 15.0 Å². The van der Waals surface area contributed by atoms with E-state index in [1.807, 2.05) is 17.0 Å². The third kappa shape index (κ3) is 3.23. The summed E-state index contributed by atoms with van der Waals surface area (Å²) in [5.74, 6) is 0.533. The zero-order chi connectivity index (χ0) is 18.8. The van der Waals surface area contributed by atoms with Gasteiger partial charge in [-0.15, -0.1) is 0 Å². The van der Waals surface area contributed by atoms with E-state index in [1.54, 1.807) is 23.2 Å². The second kappa shape index (κ2) is 7.10. The van der Waals surface area contributed by atoms with E-state index in [-0.39, 0.29) is 11.8 Å². The molecule has 4 heterocycles. The molecule has 1 aliphatic rings. The number of piperazine rings is 1. The van der Waals surface area contributed by atoms with E-state index in [0.717, 1.165) is 0 Å². The number of methoxy groups -OCH3 is 2. The molecule has 1 amide bonds. The van der Waals surface area contributed by atoms with Crippen molar-refractivity contribution in [1.82, 2.24) is 19.9 Å². The van der Waals surface area contributed by atoms with Crippen molar-refractivity contribution in [2.45, 2.75) is 0 Å². The first-order valence-corrected chi connectivity index (χ1v) is 8.54. The normalized spacial score (nSPS) is 14.4. The van der Waals surface area contributed by atoms with Crippen LogP contribution in [0.25, 0.3) is 11.2 Å². The van der Waals surface area contributed by atoms with Crippen LogP contribution in [0.1, 0.15) is 10.4 Å². The van der Waals surface area contributed by atoms with Crippen molar-refractivity contribution in [1.29, 1.82) is 0 Å². The number of fused-ring (bicyclic) bond motifs is 1. The smallest absolute Gasteiger partial charge is 0.300 e. The van der Waals surface area contributed by atoms with Crippen LogP contribution in [0, 0.1) is 0 Å². The molecule has 0 N–H and O–H groups in total. The molecule has 9 heteroatoms. The van der Waals surface area contributed by atoms with E-state index in [1.165, 1.54) is 14.2 Å². The van der Waals surface area contributed by atoms with Gasteiger partial charge in [-0.05, 0) is 18.2 Å². The minimum atomic E-state index is -0.124. The summed E-state index contributed by atoms with van der Waals surface area (Å²) < 4.78 is 16.1. The average molecular weight is 369 g/mol. The molecule has 0 spiro atoms. The number of ether oxygens (including phenoxy) is 2. The lowest BCUT2D eigenvalue weighted by molar-refractivity contribution is 0.0740. The van der Waals surface area contributed by atoms with E-state index < -0.39 is 0 Å². The van der Waals surface area contributed by atoms with Gasteiger partial charge in [0, 0.05) is 38.4 Å². The zero-order valence-corrected chi connectivity index (χ0v) is 15.1. The van der Waals surface area contributed by atoms with Gasteiger partial charge in [0.05, 0.1) is 14.2 Å². The third-order valence-electron chi connectivity index (χ3n) is 4.46. The van der Waals surface area contributed by atoms with Crippen LogP contribution in [0.15, 0.2) is 34.9 Å². The van der Waals surface area contributed by atoms with Gasteiger partial charge in [-0.1, -0.05) is 0 Å². The number of nitrogens with zero attached hydrogens (tertiary/aromatic N) is 5. The molecule has 140 valence electrons. The Balaban J connectivity index is 1.46. The maximum atomic E-state index is 12.9. The molecule has 3 aromatic rings. The van der Waals surface area contributed by atoms with Crippen molar-refractivity contribution in [3.05, 3.63) is 36.0 Å². The molecule has 27 heavy (non-hydrogen) atoms. The zero-order valence-electron chi connectivity index (χ0n) is 15.1. The maximum Gasteiger partial charge on any atom is 0.300 e. The first kappa shape index (κ1) is 17.1. The van der Waals surface area contributed by atoms with Crippen LogP contribution in [0.4, 0.5) is 6.01 Å². The summed E-state index contributed by atoms with van der Waals surface area (Å²) in [5, 5.41) is 0. The Hall–Kier alpha value is -3.36. The molecule has 0 unspecified atom stereocenters. The lowest BCUT2D eigenvalue weighted by atomic mass is 10.2. The number of amides is 1. The predicted molar refractivity (Wildman–Crippen MR) is 97.3 cm³/mol. The Morgan fingerprint density at radius 3 is 2.59 bits per heavy atom. The molecule has 0 aromatic carbocycles. The lowest BCUT2D eigenvalue weighted by Gasteiger charge is -2.33. The Morgan fingerprint density at radius 2 is 1.89 bits per heavy atom. The minimum absolute atomic E-state index is 0.124. The van der Waals surface area contributed by atoms with Gasteiger partial charge in [0.15, 0.2) is 5.58 Å². The summed E-state index contributed by atoms with van der Waals surface area (Å²) in [6.07, 6.45) is 1.68. The van der Waals surface area contributed by atoms with Gasteiger partial charge >= 0.3 is 0 Å². The topological polar surface area (TPSA) is 93.8 Å². The fourth-order valence-corrected chi connectivity index (χ4v) is 3.02.